The van der Waals surface area contributed by atoms with Gasteiger partial charge in [0.15, 0.2) is 17.1 Å². The Morgan fingerprint density at radius 1 is 1.04 bits per heavy atom. The molecule has 5 rings (SSSR count). The Labute approximate surface area is 159 Å². The number of rotatable bonds is 5. The van der Waals surface area contributed by atoms with Crippen molar-refractivity contribution in [2.45, 2.75) is 6.61 Å². The summed E-state index contributed by atoms with van der Waals surface area (Å²) in [6.45, 7) is 0.300. The molecule has 1 aromatic carbocycles. The number of ether oxygens (including phenoxy) is 2. The van der Waals surface area contributed by atoms with E-state index in [-0.39, 0.29) is 0 Å². The molecule has 0 atom stereocenters. The molecule has 0 aliphatic heterocycles. The van der Waals surface area contributed by atoms with Gasteiger partial charge in [-0.25, -0.2) is 14.5 Å². The second-order valence-electron chi connectivity index (χ2n) is 6.18. The quantitative estimate of drug-likeness (QED) is 0.466. The molecule has 5 aromatic rings. The molecular weight excluding hydrogens is 360 g/mol. The molecule has 0 radical (unpaired) electrons. The molecule has 4 heterocycles. The number of hydrogen-bond donors (Lipinski definition) is 0. The smallest absolute Gasteiger partial charge is 0.217 e. The van der Waals surface area contributed by atoms with Crippen molar-refractivity contribution < 1.29 is 13.9 Å². The molecule has 0 unspecified atom stereocenters. The van der Waals surface area contributed by atoms with Crippen molar-refractivity contribution in [1.82, 2.24) is 29.4 Å². The maximum absolute atomic E-state index is 5.85. The number of aryl methyl sites for hydroxylation is 1. The summed E-state index contributed by atoms with van der Waals surface area (Å²) in [5.74, 6) is 3.23. The summed E-state index contributed by atoms with van der Waals surface area (Å²) in [5.41, 5.74) is 1.43. The molecule has 0 amide bonds. The second kappa shape index (κ2) is 6.38. The third-order valence-corrected chi connectivity index (χ3v) is 4.39. The van der Waals surface area contributed by atoms with Gasteiger partial charge in [0.05, 0.1) is 18.7 Å². The van der Waals surface area contributed by atoms with Crippen molar-refractivity contribution in [1.29, 1.82) is 0 Å². The Kier molecular flexibility index (Phi) is 3.71. The molecule has 0 spiro atoms. The molecule has 0 aliphatic rings. The van der Waals surface area contributed by atoms with Crippen LogP contribution in [0.15, 0.2) is 53.3 Å². The minimum absolute atomic E-state index is 0.300. The number of benzene rings is 1. The van der Waals surface area contributed by atoms with E-state index >= 15 is 0 Å². The summed E-state index contributed by atoms with van der Waals surface area (Å²) in [4.78, 5) is 8.94. The standard InChI is InChI=1S/C19H16N6O3/c1-24-18-15(9-21-24)19-22-17(23-25(19)11-20-18)16-8-7-14(28-16)10-27-13-5-3-12(26-2)4-6-13/h3-9,11H,10H2,1-2H3. The molecule has 0 saturated carbocycles. The lowest BCUT2D eigenvalue weighted by molar-refractivity contribution is 0.271. The van der Waals surface area contributed by atoms with Gasteiger partial charge in [0.25, 0.3) is 0 Å². The van der Waals surface area contributed by atoms with Crippen LogP contribution < -0.4 is 9.47 Å². The summed E-state index contributed by atoms with van der Waals surface area (Å²) in [6.07, 6.45) is 3.35. The maximum atomic E-state index is 5.85. The summed E-state index contributed by atoms with van der Waals surface area (Å²) in [7, 11) is 3.47. The highest BCUT2D eigenvalue weighted by Crippen LogP contribution is 2.24. The molecule has 0 fully saturated rings. The normalized spacial score (nSPS) is 11.4. The minimum atomic E-state index is 0.300. The van der Waals surface area contributed by atoms with Crippen LogP contribution in [-0.4, -0.2) is 36.5 Å². The van der Waals surface area contributed by atoms with Crippen LogP contribution in [0, 0.1) is 0 Å². The third-order valence-electron chi connectivity index (χ3n) is 4.39. The second-order valence-corrected chi connectivity index (χ2v) is 6.18. The zero-order chi connectivity index (χ0) is 19.1. The maximum Gasteiger partial charge on any atom is 0.217 e. The van der Waals surface area contributed by atoms with Gasteiger partial charge < -0.3 is 13.9 Å². The first kappa shape index (κ1) is 16.3. The highest BCUT2D eigenvalue weighted by Gasteiger charge is 2.15. The van der Waals surface area contributed by atoms with Crippen molar-refractivity contribution in [3.8, 4) is 23.1 Å². The lowest BCUT2D eigenvalue weighted by Crippen LogP contribution is -1.94. The Hall–Kier alpha value is -3.88. The van der Waals surface area contributed by atoms with Crippen LogP contribution in [0.25, 0.3) is 28.3 Å². The largest absolute Gasteiger partial charge is 0.497 e. The van der Waals surface area contributed by atoms with Crippen LogP contribution in [0.4, 0.5) is 0 Å². The van der Waals surface area contributed by atoms with Gasteiger partial charge in [-0.1, -0.05) is 0 Å². The first-order valence-electron chi connectivity index (χ1n) is 8.60. The van der Waals surface area contributed by atoms with E-state index in [0.29, 0.717) is 29.6 Å². The molecule has 0 saturated heterocycles. The summed E-state index contributed by atoms with van der Waals surface area (Å²) in [6, 6.07) is 11.1. The Morgan fingerprint density at radius 2 is 1.86 bits per heavy atom. The van der Waals surface area contributed by atoms with Gasteiger partial charge in [-0.15, -0.1) is 5.10 Å². The van der Waals surface area contributed by atoms with Crippen LogP contribution >= 0.6 is 0 Å². The SMILES string of the molecule is COc1ccc(OCc2ccc(-c3nc4c5cnn(C)c5ncn4n3)o2)cc1. The number of nitrogens with zero attached hydrogens (tertiary/aromatic N) is 6. The van der Waals surface area contributed by atoms with Gasteiger partial charge in [-0.2, -0.15) is 5.10 Å². The summed E-state index contributed by atoms with van der Waals surface area (Å²) in [5, 5.41) is 9.50. The van der Waals surface area contributed by atoms with Crippen molar-refractivity contribution in [2.24, 2.45) is 7.05 Å². The topological polar surface area (TPSA) is 92.5 Å². The van der Waals surface area contributed by atoms with E-state index in [2.05, 4.69) is 20.2 Å². The Morgan fingerprint density at radius 3 is 2.68 bits per heavy atom. The van der Waals surface area contributed by atoms with Gasteiger partial charge in [0.2, 0.25) is 5.82 Å². The van der Waals surface area contributed by atoms with E-state index in [9.17, 15) is 0 Å². The Balaban J connectivity index is 1.38. The predicted molar refractivity (Wildman–Crippen MR) is 100 cm³/mol. The lowest BCUT2D eigenvalue weighted by atomic mass is 10.3. The van der Waals surface area contributed by atoms with Gasteiger partial charge in [0, 0.05) is 7.05 Å². The van der Waals surface area contributed by atoms with E-state index in [1.54, 1.807) is 28.8 Å². The number of aromatic nitrogens is 6. The number of hydrogen-bond acceptors (Lipinski definition) is 7. The average Bonchev–Trinajstić information content (AvgIpc) is 3.44. The molecule has 9 nitrogen and oxygen atoms in total. The molecule has 9 heteroatoms. The fraction of sp³-hybridized carbons (Fsp3) is 0.158. The van der Waals surface area contributed by atoms with Crippen LogP contribution in [-0.2, 0) is 13.7 Å². The minimum Gasteiger partial charge on any atom is -0.497 e. The summed E-state index contributed by atoms with van der Waals surface area (Å²) >= 11 is 0. The first-order chi connectivity index (χ1) is 13.7. The zero-order valence-corrected chi connectivity index (χ0v) is 15.2. The van der Waals surface area contributed by atoms with Crippen molar-refractivity contribution in [2.75, 3.05) is 7.11 Å². The average molecular weight is 376 g/mol. The highest BCUT2D eigenvalue weighted by atomic mass is 16.5. The van der Waals surface area contributed by atoms with Gasteiger partial charge >= 0.3 is 0 Å². The molecule has 4 aromatic heterocycles. The number of fused-ring (bicyclic) bond motifs is 3. The zero-order valence-electron chi connectivity index (χ0n) is 15.2. The van der Waals surface area contributed by atoms with Crippen molar-refractivity contribution in [3.63, 3.8) is 0 Å². The van der Waals surface area contributed by atoms with Crippen molar-refractivity contribution in [3.05, 3.63) is 54.7 Å². The molecule has 140 valence electrons. The molecule has 28 heavy (non-hydrogen) atoms. The highest BCUT2D eigenvalue weighted by molar-refractivity contribution is 5.88. The van der Waals surface area contributed by atoms with Crippen LogP contribution in [0.3, 0.4) is 0 Å². The van der Waals surface area contributed by atoms with Crippen LogP contribution in [0.1, 0.15) is 5.76 Å². The van der Waals surface area contributed by atoms with E-state index < -0.39 is 0 Å². The van der Waals surface area contributed by atoms with Gasteiger partial charge in [0.1, 0.15) is 30.2 Å². The fourth-order valence-corrected chi connectivity index (χ4v) is 2.95. The van der Waals surface area contributed by atoms with E-state index in [0.717, 1.165) is 22.5 Å². The van der Waals surface area contributed by atoms with Gasteiger partial charge in [-0.05, 0) is 36.4 Å². The molecule has 0 N–H and O–H groups in total. The number of furan rings is 1. The lowest BCUT2D eigenvalue weighted by Gasteiger charge is -2.05. The van der Waals surface area contributed by atoms with Crippen LogP contribution in [0.5, 0.6) is 11.5 Å². The Bertz CT molecular complexity index is 1270. The monoisotopic (exact) mass is 376 g/mol. The van der Waals surface area contributed by atoms with E-state index in [4.69, 9.17) is 13.9 Å². The number of methoxy groups -OCH3 is 1. The molecule has 0 bridgehead atoms. The fourth-order valence-electron chi connectivity index (χ4n) is 2.95. The summed E-state index contributed by atoms with van der Waals surface area (Å²) < 4.78 is 20.1. The van der Waals surface area contributed by atoms with Crippen LogP contribution in [0.2, 0.25) is 0 Å². The molecular formula is C19H16N6O3. The predicted octanol–water partition coefficient (Wildman–Crippen LogP) is 2.86. The van der Waals surface area contributed by atoms with E-state index in [1.165, 1.54) is 0 Å². The van der Waals surface area contributed by atoms with E-state index in [1.807, 2.05) is 43.4 Å². The first-order valence-corrected chi connectivity index (χ1v) is 8.60. The third kappa shape index (κ3) is 2.73. The van der Waals surface area contributed by atoms with Crippen molar-refractivity contribution >= 4 is 16.7 Å². The van der Waals surface area contributed by atoms with Gasteiger partial charge in [-0.3, -0.25) is 4.68 Å². The molecule has 0 aliphatic carbocycles.